The van der Waals surface area contributed by atoms with Crippen molar-refractivity contribution in [2.24, 2.45) is 5.92 Å². The number of carbonyl (C=O) groups excluding carboxylic acids is 3. The highest BCUT2D eigenvalue weighted by Crippen LogP contribution is 2.08. The highest BCUT2D eigenvalue weighted by Gasteiger charge is 2.26. The summed E-state index contributed by atoms with van der Waals surface area (Å²) >= 11 is 0. The van der Waals surface area contributed by atoms with Crippen LogP contribution in [0.15, 0.2) is 60.7 Å². The maximum atomic E-state index is 12.4. The first-order chi connectivity index (χ1) is 14.8. The number of carbonyl (C=O) groups is 3. The molecule has 0 bridgehead atoms. The van der Waals surface area contributed by atoms with Crippen LogP contribution in [-0.4, -0.2) is 36.6 Å². The van der Waals surface area contributed by atoms with Crippen LogP contribution in [0.25, 0.3) is 0 Å². The van der Waals surface area contributed by atoms with Crippen molar-refractivity contribution in [3.63, 3.8) is 0 Å². The summed E-state index contributed by atoms with van der Waals surface area (Å²) in [7, 11) is 0. The lowest BCUT2D eigenvalue weighted by Gasteiger charge is -2.21. The van der Waals surface area contributed by atoms with Crippen LogP contribution in [0.4, 0.5) is 10.5 Å². The highest BCUT2D eigenvalue weighted by atomic mass is 16.5. The van der Waals surface area contributed by atoms with Gasteiger partial charge in [0, 0.05) is 11.7 Å². The van der Waals surface area contributed by atoms with Gasteiger partial charge in [0.1, 0.15) is 6.04 Å². The summed E-state index contributed by atoms with van der Waals surface area (Å²) in [6.07, 6.45) is 1.62. The number of para-hydroxylation sites is 1. The smallest absolute Gasteiger partial charge is 0.329 e. The van der Waals surface area contributed by atoms with Crippen LogP contribution in [0.5, 0.6) is 0 Å². The van der Waals surface area contributed by atoms with Crippen LogP contribution in [0.3, 0.4) is 0 Å². The number of aryl methyl sites for hydroxylation is 1. The molecule has 3 amide bonds. The van der Waals surface area contributed by atoms with Gasteiger partial charge in [-0.05, 0) is 43.4 Å². The number of rotatable bonds is 10. The lowest BCUT2D eigenvalue weighted by atomic mass is 10.1. The molecule has 0 aromatic heterocycles. The van der Waals surface area contributed by atoms with Gasteiger partial charge in [-0.3, -0.25) is 4.79 Å². The molecule has 31 heavy (non-hydrogen) atoms. The Morgan fingerprint density at radius 1 is 0.871 bits per heavy atom. The first-order valence-corrected chi connectivity index (χ1v) is 10.5. The van der Waals surface area contributed by atoms with E-state index in [0.29, 0.717) is 5.69 Å². The van der Waals surface area contributed by atoms with Crippen molar-refractivity contribution in [1.82, 2.24) is 10.6 Å². The molecule has 2 atom stereocenters. The van der Waals surface area contributed by atoms with E-state index in [4.69, 9.17) is 4.74 Å². The van der Waals surface area contributed by atoms with Crippen LogP contribution >= 0.6 is 0 Å². The quantitative estimate of drug-likeness (QED) is 0.508. The van der Waals surface area contributed by atoms with Crippen LogP contribution in [0.1, 0.15) is 32.8 Å². The predicted octanol–water partition coefficient (Wildman–Crippen LogP) is 3.51. The molecule has 0 aliphatic heterocycles. The Morgan fingerprint density at radius 3 is 2.10 bits per heavy atom. The number of anilines is 1. The second-order valence-corrected chi connectivity index (χ2v) is 7.79. The Kier molecular flexibility index (Phi) is 9.55. The molecular formula is C24H31N3O4. The fourth-order valence-corrected chi connectivity index (χ4v) is 2.97. The first kappa shape index (κ1) is 23.9. The second-order valence-electron chi connectivity index (χ2n) is 7.79. The van der Waals surface area contributed by atoms with E-state index in [9.17, 15) is 14.4 Å². The lowest BCUT2D eigenvalue weighted by Crippen LogP contribution is -2.48. The molecule has 0 aliphatic rings. The van der Waals surface area contributed by atoms with Gasteiger partial charge < -0.3 is 20.7 Å². The Bertz CT molecular complexity index is 840. The molecule has 7 heteroatoms. The van der Waals surface area contributed by atoms with E-state index in [2.05, 4.69) is 16.0 Å². The largest absolute Gasteiger partial charge is 0.454 e. The number of urea groups is 1. The molecule has 0 radical (unpaired) electrons. The summed E-state index contributed by atoms with van der Waals surface area (Å²) < 4.78 is 5.15. The molecule has 0 spiro atoms. The minimum atomic E-state index is -0.869. The number of ether oxygens (including phenoxy) is 1. The molecule has 0 aliphatic carbocycles. The van der Waals surface area contributed by atoms with Crippen molar-refractivity contribution in [3.05, 3.63) is 66.2 Å². The number of nitrogens with one attached hydrogen (secondary N) is 3. The molecular weight excluding hydrogens is 394 g/mol. The number of esters is 1. The summed E-state index contributed by atoms with van der Waals surface area (Å²) in [6.45, 7) is 5.11. The van der Waals surface area contributed by atoms with Gasteiger partial charge in [-0.15, -0.1) is 0 Å². The second kappa shape index (κ2) is 12.4. The SMILES string of the molecule is CC(C)[C@H](NC(=O)Nc1ccccc1)C(=O)OCC(=O)N[C@@H](C)CCc1ccccc1. The van der Waals surface area contributed by atoms with Gasteiger partial charge in [-0.25, -0.2) is 9.59 Å². The molecule has 2 aromatic rings. The molecule has 0 saturated heterocycles. The first-order valence-electron chi connectivity index (χ1n) is 10.5. The van der Waals surface area contributed by atoms with E-state index in [1.165, 1.54) is 5.56 Å². The number of hydrogen-bond donors (Lipinski definition) is 3. The number of benzene rings is 2. The Balaban J connectivity index is 1.75. The van der Waals surface area contributed by atoms with Crippen molar-refractivity contribution in [2.75, 3.05) is 11.9 Å². The molecule has 7 nitrogen and oxygen atoms in total. The highest BCUT2D eigenvalue weighted by molar-refractivity contribution is 5.93. The number of hydrogen-bond acceptors (Lipinski definition) is 4. The molecule has 0 heterocycles. The van der Waals surface area contributed by atoms with Gasteiger partial charge in [-0.2, -0.15) is 0 Å². The van der Waals surface area contributed by atoms with Crippen molar-refractivity contribution >= 4 is 23.6 Å². The van der Waals surface area contributed by atoms with Crippen molar-refractivity contribution < 1.29 is 19.1 Å². The maximum Gasteiger partial charge on any atom is 0.329 e. The summed E-state index contributed by atoms with van der Waals surface area (Å²) in [6, 6.07) is 17.5. The zero-order chi connectivity index (χ0) is 22.6. The molecule has 0 saturated carbocycles. The van der Waals surface area contributed by atoms with E-state index in [-0.39, 0.29) is 24.5 Å². The zero-order valence-electron chi connectivity index (χ0n) is 18.3. The Hall–Kier alpha value is -3.35. The van der Waals surface area contributed by atoms with E-state index in [0.717, 1.165) is 12.8 Å². The molecule has 0 unspecified atom stereocenters. The van der Waals surface area contributed by atoms with Crippen molar-refractivity contribution in [2.45, 2.75) is 45.7 Å². The zero-order valence-corrected chi connectivity index (χ0v) is 18.3. The van der Waals surface area contributed by atoms with Gasteiger partial charge >= 0.3 is 12.0 Å². The van der Waals surface area contributed by atoms with Gasteiger partial charge in [0.05, 0.1) is 0 Å². The van der Waals surface area contributed by atoms with Crippen molar-refractivity contribution in [1.29, 1.82) is 0 Å². The van der Waals surface area contributed by atoms with Crippen LogP contribution < -0.4 is 16.0 Å². The normalized spacial score (nSPS) is 12.5. The van der Waals surface area contributed by atoms with E-state index in [1.807, 2.05) is 43.3 Å². The molecule has 3 N–H and O–H groups in total. The number of amides is 3. The van der Waals surface area contributed by atoms with E-state index in [1.54, 1.807) is 38.1 Å². The standard InChI is InChI=1S/C24H31N3O4/c1-17(2)22(27-24(30)26-20-12-8-5-9-13-20)23(29)31-16-21(28)25-18(3)14-15-19-10-6-4-7-11-19/h4-13,17-18,22H,14-16H2,1-3H3,(H,25,28)(H2,26,27,30)/t18-,22-/m0/s1. The monoisotopic (exact) mass is 425 g/mol. The fraction of sp³-hybridized carbons (Fsp3) is 0.375. The topological polar surface area (TPSA) is 96.5 Å². The molecule has 2 rings (SSSR count). The summed E-state index contributed by atoms with van der Waals surface area (Å²) in [4.78, 5) is 36.8. The van der Waals surface area contributed by atoms with Crippen LogP contribution in [0, 0.1) is 5.92 Å². The van der Waals surface area contributed by atoms with Gasteiger partial charge in [0.15, 0.2) is 6.61 Å². The lowest BCUT2D eigenvalue weighted by molar-refractivity contribution is -0.151. The van der Waals surface area contributed by atoms with Gasteiger partial charge in [0.25, 0.3) is 5.91 Å². The summed E-state index contributed by atoms with van der Waals surface area (Å²) in [5.74, 6) is -1.22. The Morgan fingerprint density at radius 2 is 1.48 bits per heavy atom. The summed E-state index contributed by atoms with van der Waals surface area (Å²) in [5, 5.41) is 8.11. The average Bonchev–Trinajstić information content (AvgIpc) is 2.75. The minimum Gasteiger partial charge on any atom is -0.454 e. The van der Waals surface area contributed by atoms with Crippen LogP contribution in [-0.2, 0) is 20.7 Å². The van der Waals surface area contributed by atoms with E-state index >= 15 is 0 Å². The third-order valence-electron chi connectivity index (χ3n) is 4.70. The fourth-order valence-electron chi connectivity index (χ4n) is 2.97. The maximum absolute atomic E-state index is 12.4. The molecule has 166 valence electrons. The predicted molar refractivity (Wildman–Crippen MR) is 121 cm³/mol. The van der Waals surface area contributed by atoms with Crippen molar-refractivity contribution in [3.8, 4) is 0 Å². The third-order valence-corrected chi connectivity index (χ3v) is 4.70. The third kappa shape index (κ3) is 8.90. The minimum absolute atomic E-state index is 0.0536. The van der Waals surface area contributed by atoms with Gasteiger partial charge in [-0.1, -0.05) is 62.4 Å². The summed E-state index contributed by atoms with van der Waals surface area (Å²) in [5.41, 5.74) is 1.81. The average molecular weight is 426 g/mol. The molecule has 0 fully saturated rings. The Labute approximate surface area is 183 Å². The molecule has 2 aromatic carbocycles. The van der Waals surface area contributed by atoms with E-state index < -0.39 is 18.0 Å². The van der Waals surface area contributed by atoms with Crippen LogP contribution in [0.2, 0.25) is 0 Å². The van der Waals surface area contributed by atoms with Gasteiger partial charge in [0.2, 0.25) is 0 Å².